The van der Waals surface area contributed by atoms with Crippen molar-refractivity contribution >= 4 is 29.3 Å². The molecule has 3 aromatic rings. The van der Waals surface area contributed by atoms with E-state index in [2.05, 4.69) is 10.2 Å². The summed E-state index contributed by atoms with van der Waals surface area (Å²) in [5, 5.41) is 8.97. The van der Waals surface area contributed by atoms with E-state index in [0.29, 0.717) is 22.7 Å². The summed E-state index contributed by atoms with van der Waals surface area (Å²) >= 11 is 7.08. The number of nitrogens with zero attached hydrogens (tertiary/aromatic N) is 3. The van der Waals surface area contributed by atoms with Gasteiger partial charge in [0.15, 0.2) is 0 Å². The minimum Gasteiger partial charge on any atom is -0.496 e. The Morgan fingerprint density at radius 3 is 2.67 bits per heavy atom. The summed E-state index contributed by atoms with van der Waals surface area (Å²) in [4.78, 5) is 14.0. The second-order valence-electron chi connectivity index (χ2n) is 5.73. The Hall–Kier alpha value is -2.51. The molecule has 140 valence electrons. The van der Waals surface area contributed by atoms with Crippen molar-refractivity contribution in [3.63, 3.8) is 0 Å². The Kier molecular flexibility index (Phi) is 6.36. The van der Waals surface area contributed by atoms with Crippen LogP contribution in [0.15, 0.2) is 58.2 Å². The predicted molar refractivity (Wildman–Crippen MR) is 105 cm³/mol. The van der Waals surface area contributed by atoms with E-state index < -0.39 is 0 Å². The van der Waals surface area contributed by atoms with Gasteiger partial charge in [-0.05, 0) is 30.3 Å². The number of thioether (sulfide) groups is 1. The highest BCUT2D eigenvalue weighted by Crippen LogP contribution is 2.25. The third-order valence-electron chi connectivity index (χ3n) is 3.84. The van der Waals surface area contributed by atoms with E-state index >= 15 is 0 Å². The van der Waals surface area contributed by atoms with Gasteiger partial charge in [0.25, 0.3) is 5.22 Å². The molecule has 0 aliphatic carbocycles. The summed E-state index contributed by atoms with van der Waals surface area (Å²) in [7, 11) is 3.37. The molecule has 2 aromatic carbocycles. The number of halogens is 1. The molecule has 6 nitrogen and oxygen atoms in total. The topological polar surface area (TPSA) is 68.5 Å². The first-order chi connectivity index (χ1) is 13.1. The molecule has 1 heterocycles. The summed E-state index contributed by atoms with van der Waals surface area (Å²) in [5.74, 6) is 1.31. The normalized spacial score (nSPS) is 10.6. The molecule has 0 N–H and O–H groups in total. The van der Waals surface area contributed by atoms with E-state index in [1.165, 1.54) is 11.8 Å². The Labute approximate surface area is 166 Å². The number of carbonyl (C=O) groups is 1. The number of ether oxygens (including phenoxy) is 1. The van der Waals surface area contributed by atoms with Gasteiger partial charge < -0.3 is 14.1 Å². The van der Waals surface area contributed by atoms with Crippen molar-refractivity contribution in [3.05, 3.63) is 59.1 Å². The average molecular weight is 404 g/mol. The molecular formula is C19H18ClN3O3S. The van der Waals surface area contributed by atoms with Gasteiger partial charge >= 0.3 is 0 Å². The van der Waals surface area contributed by atoms with Gasteiger partial charge in [-0.3, -0.25) is 4.79 Å². The number of carbonyl (C=O) groups excluding carboxylic acids is 1. The summed E-state index contributed by atoms with van der Waals surface area (Å²) in [6.45, 7) is 0.462. The van der Waals surface area contributed by atoms with Crippen LogP contribution in [0.4, 0.5) is 0 Å². The zero-order chi connectivity index (χ0) is 19.2. The lowest BCUT2D eigenvalue weighted by atomic mass is 10.2. The van der Waals surface area contributed by atoms with E-state index in [1.54, 1.807) is 43.3 Å². The minimum atomic E-state index is -0.0443. The van der Waals surface area contributed by atoms with Gasteiger partial charge in [0.1, 0.15) is 5.75 Å². The van der Waals surface area contributed by atoms with Gasteiger partial charge in [-0.15, -0.1) is 10.2 Å². The van der Waals surface area contributed by atoms with E-state index in [0.717, 1.165) is 16.9 Å². The lowest BCUT2D eigenvalue weighted by Gasteiger charge is -2.18. The maximum atomic E-state index is 12.4. The van der Waals surface area contributed by atoms with Crippen LogP contribution in [-0.2, 0) is 11.3 Å². The van der Waals surface area contributed by atoms with Crippen LogP contribution >= 0.6 is 23.4 Å². The average Bonchev–Trinajstić information content (AvgIpc) is 3.16. The first-order valence-electron chi connectivity index (χ1n) is 8.15. The fourth-order valence-corrected chi connectivity index (χ4v) is 3.22. The van der Waals surface area contributed by atoms with Crippen molar-refractivity contribution in [2.24, 2.45) is 0 Å². The van der Waals surface area contributed by atoms with Crippen LogP contribution < -0.4 is 4.74 Å². The van der Waals surface area contributed by atoms with Crippen LogP contribution in [-0.4, -0.2) is 40.9 Å². The summed E-state index contributed by atoms with van der Waals surface area (Å²) in [6, 6.07) is 14.7. The third kappa shape index (κ3) is 5.02. The Bertz CT molecular complexity index is 915. The van der Waals surface area contributed by atoms with Gasteiger partial charge in [0.05, 0.1) is 12.9 Å². The van der Waals surface area contributed by atoms with E-state index in [4.69, 9.17) is 20.8 Å². The number of methoxy groups -OCH3 is 1. The Morgan fingerprint density at radius 1 is 1.19 bits per heavy atom. The molecule has 0 radical (unpaired) electrons. The number of rotatable bonds is 7. The molecule has 0 fully saturated rings. The smallest absolute Gasteiger partial charge is 0.277 e. The highest BCUT2D eigenvalue weighted by molar-refractivity contribution is 7.99. The minimum absolute atomic E-state index is 0.0443. The molecule has 0 unspecified atom stereocenters. The molecule has 1 amide bonds. The zero-order valence-electron chi connectivity index (χ0n) is 14.9. The van der Waals surface area contributed by atoms with Crippen LogP contribution in [0.1, 0.15) is 5.56 Å². The van der Waals surface area contributed by atoms with Gasteiger partial charge in [0.2, 0.25) is 11.8 Å². The number of hydrogen-bond acceptors (Lipinski definition) is 6. The highest BCUT2D eigenvalue weighted by Gasteiger charge is 2.15. The molecule has 1 aromatic heterocycles. The molecule has 0 bridgehead atoms. The van der Waals surface area contributed by atoms with Crippen molar-refractivity contribution in [2.75, 3.05) is 19.9 Å². The summed E-state index contributed by atoms with van der Waals surface area (Å²) in [6.07, 6.45) is 0. The molecule has 0 aliphatic heterocycles. The van der Waals surface area contributed by atoms with E-state index in [1.807, 2.05) is 24.3 Å². The van der Waals surface area contributed by atoms with Crippen LogP contribution in [0.25, 0.3) is 11.5 Å². The first-order valence-corrected chi connectivity index (χ1v) is 9.51. The van der Waals surface area contributed by atoms with Crippen LogP contribution in [0.2, 0.25) is 5.02 Å². The molecule has 0 saturated carbocycles. The molecule has 3 rings (SSSR count). The van der Waals surface area contributed by atoms with Crippen LogP contribution in [0.3, 0.4) is 0 Å². The fourth-order valence-electron chi connectivity index (χ4n) is 2.39. The number of para-hydroxylation sites is 1. The quantitative estimate of drug-likeness (QED) is 0.552. The molecular weight excluding hydrogens is 386 g/mol. The predicted octanol–water partition coefficient (Wildman–Crippen LogP) is 4.15. The SMILES string of the molecule is COc1ccccc1CN(C)C(=O)CSc1nnc(-c2ccc(Cl)cc2)o1. The van der Waals surface area contributed by atoms with Gasteiger partial charge in [0, 0.05) is 29.7 Å². The van der Waals surface area contributed by atoms with E-state index in [-0.39, 0.29) is 11.7 Å². The largest absolute Gasteiger partial charge is 0.496 e. The number of hydrogen-bond donors (Lipinski definition) is 0. The van der Waals surface area contributed by atoms with E-state index in [9.17, 15) is 4.79 Å². The van der Waals surface area contributed by atoms with Crippen molar-refractivity contribution < 1.29 is 13.9 Å². The molecule has 8 heteroatoms. The molecule has 27 heavy (non-hydrogen) atoms. The molecule has 0 aliphatic rings. The Morgan fingerprint density at radius 2 is 1.93 bits per heavy atom. The molecule has 0 spiro atoms. The number of amides is 1. The number of benzene rings is 2. The van der Waals surface area contributed by atoms with Gasteiger partial charge in [-0.25, -0.2) is 0 Å². The molecule has 0 atom stereocenters. The summed E-state index contributed by atoms with van der Waals surface area (Å²) in [5.41, 5.74) is 1.72. The highest BCUT2D eigenvalue weighted by atomic mass is 35.5. The van der Waals surface area contributed by atoms with Crippen LogP contribution in [0.5, 0.6) is 5.75 Å². The molecule has 0 saturated heterocycles. The maximum absolute atomic E-state index is 12.4. The van der Waals surface area contributed by atoms with Crippen molar-refractivity contribution in [1.29, 1.82) is 0 Å². The fraction of sp³-hybridized carbons (Fsp3) is 0.211. The Balaban J connectivity index is 1.56. The van der Waals surface area contributed by atoms with Crippen molar-refractivity contribution in [3.8, 4) is 17.2 Å². The van der Waals surface area contributed by atoms with Crippen molar-refractivity contribution in [1.82, 2.24) is 15.1 Å². The summed E-state index contributed by atoms with van der Waals surface area (Å²) < 4.78 is 10.9. The third-order valence-corrected chi connectivity index (χ3v) is 4.90. The van der Waals surface area contributed by atoms with Crippen LogP contribution in [0, 0.1) is 0 Å². The monoisotopic (exact) mass is 403 g/mol. The second-order valence-corrected chi connectivity index (χ2v) is 7.09. The number of aromatic nitrogens is 2. The van der Waals surface area contributed by atoms with Crippen molar-refractivity contribution in [2.45, 2.75) is 11.8 Å². The maximum Gasteiger partial charge on any atom is 0.277 e. The second kappa shape index (κ2) is 8.92. The lowest BCUT2D eigenvalue weighted by Crippen LogP contribution is -2.28. The van der Waals surface area contributed by atoms with Gasteiger partial charge in [-0.1, -0.05) is 41.6 Å². The first kappa shape index (κ1) is 19.3. The standard InChI is InChI=1S/C19H18ClN3O3S/c1-23(11-14-5-3-4-6-16(14)25-2)17(24)12-27-19-22-21-18(26-19)13-7-9-15(20)10-8-13/h3-10H,11-12H2,1-2H3. The zero-order valence-corrected chi connectivity index (χ0v) is 16.5. The lowest BCUT2D eigenvalue weighted by molar-refractivity contribution is -0.127. The van der Waals surface area contributed by atoms with Gasteiger partial charge in [-0.2, -0.15) is 0 Å².